The summed E-state index contributed by atoms with van der Waals surface area (Å²) < 4.78 is 13.0. The Balaban J connectivity index is 1.24. The molecule has 0 spiro atoms. The van der Waals surface area contributed by atoms with Gasteiger partial charge >= 0.3 is 0 Å². The van der Waals surface area contributed by atoms with Crippen molar-refractivity contribution in [3.8, 4) is 0 Å². The van der Waals surface area contributed by atoms with Crippen LogP contribution in [0.25, 0.3) is 6.08 Å². The molecule has 3 aliphatic rings. The summed E-state index contributed by atoms with van der Waals surface area (Å²) in [5.41, 5.74) is 5.53. The first-order chi connectivity index (χ1) is 13.7. The summed E-state index contributed by atoms with van der Waals surface area (Å²) in [6.07, 6.45) is 6.61. The average Bonchev–Trinajstić information content (AvgIpc) is 3.04. The van der Waals surface area contributed by atoms with Gasteiger partial charge in [-0.1, -0.05) is 36.4 Å². The molecular weight excluding hydrogens is 349 g/mol. The first kappa shape index (κ1) is 17.7. The third kappa shape index (κ3) is 3.10. The number of halogens is 1. The normalized spacial score (nSPS) is 23.9. The molecule has 0 unspecified atom stereocenters. The smallest absolute Gasteiger partial charge is 0.123 e. The van der Waals surface area contributed by atoms with Crippen LogP contribution in [0.4, 0.5) is 15.8 Å². The van der Waals surface area contributed by atoms with Crippen LogP contribution in [0.5, 0.6) is 0 Å². The summed E-state index contributed by atoms with van der Waals surface area (Å²) in [6, 6.07) is 14.2. The van der Waals surface area contributed by atoms with E-state index in [1.54, 1.807) is 5.56 Å². The van der Waals surface area contributed by atoms with Crippen LogP contribution in [0, 0.1) is 5.82 Å². The molecule has 3 aliphatic heterocycles. The number of likely N-dealkylation sites (tertiary alicyclic amines) is 1. The number of benzene rings is 2. The van der Waals surface area contributed by atoms with Crippen molar-refractivity contribution >= 4 is 17.5 Å². The highest BCUT2D eigenvalue weighted by atomic mass is 19.1. The van der Waals surface area contributed by atoms with Gasteiger partial charge in [0.05, 0.1) is 11.4 Å². The topological polar surface area (TPSA) is 9.72 Å². The SMILES string of the molecule is CN1CCN2c3c(cccc31)[C@@H]1CN(CCC=Cc3ccc(F)cc3)CC[C@@H]12. The Morgan fingerprint density at radius 2 is 1.93 bits per heavy atom. The summed E-state index contributed by atoms with van der Waals surface area (Å²) in [4.78, 5) is 7.73. The molecule has 0 N–H and O–H groups in total. The number of piperidine rings is 1. The number of fused-ring (bicyclic) bond motifs is 3. The van der Waals surface area contributed by atoms with Crippen molar-refractivity contribution in [1.82, 2.24) is 4.90 Å². The predicted molar refractivity (Wildman–Crippen MR) is 115 cm³/mol. The molecule has 3 heterocycles. The van der Waals surface area contributed by atoms with Crippen LogP contribution in [0.3, 0.4) is 0 Å². The minimum Gasteiger partial charge on any atom is -0.371 e. The van der Waals surface area contributed by atoms with E-state index in [1.165, 1.54) is 36.5 Å². The molecule has 0 aromatic heterocycles. The number of hydrogen-bond donors (Lipinski definition) is 0. The highest BCUT2D eigenvalue weighted by Crippen LogP contribution is 2.50. The number of likely N-dealkylation sites (N-methyl/N-ethyl adjacent to an activating group) is 1. The molecule has 4 heteroatoms. The molecule has 2 aromatic rings. The molecule has 0 radical (unpaired) electrons. The zero-order valence-corrected chi connectivity index (χ0v) is 16.5. The van der Waals surface area contributed by atoms with Gasteiger partial charge in [-0.25, -0.2) is 4.39 Å². The van der Waals surface area contributed by atoms with Gasteiger partial charge < -0.3 is 14.7 Å². The second kappa shape index (κ2) is 7.25. The maximum atomic E-state index is 13.0. The van der Waals surface area contributed by atoms with Crippen molar-refractivity contribution in [3.05, 3.63) is 65.5 Å². The Bertz CT molecular complexity index is 876. The molecule has 28 heavy (non-hydrogen) atoms. The zero-order chi connectivity index (χ0) is 19.1. The minimum atomic E-state index is -0.177. The Morgan fingerprint density at radius 1 is 1.07 bits per heavy atom. The van der Waals surface area contributed by atoms with Crippen LogP contribution < -0.4 is 9.80 Å². The molecular formula is C24H28FN3. The van der Waals surface area contributed by atoms with E-state index in [-0.39, 0.29) is 5.82 Å². The van der Waals surface area contributed by atoms with Gasteiger partial charge in [-0.2, -0.15) is 0 Å². The first-order valence-corrected chi connectivity index (χ1v) is 10.5. The molecule has 1 fully saturated rings. The first-order valence-electron chi connectivity index (χ1n) is 10.5. The second-order valence-electron chi connectivity index (χ2n) is 8.34. The van der Waals surface area contributed by atoms with Gasteiger partial charge in [-0.3, -0.25) is 0 Å². The maximum absolute atomic E-state index is 13.0. The van der Waals surface area contributed by atoms with Crippen LogP contribution in [-0.4, -0.2) is 50.7 Å². The van der Waals surface area contributed by atoms with Gasteiger partial charge in [0.15, 0.2) is 0 Å². The van der Waals surface area contributed by atoms with E-state index in [9.17, 15) is 4.39 Å². The minimum absolute atomic E-state index is 0.177. The lowest BCUT2D eigenvalue weighted by Crippen LogP contribution is -2.49. The van der Waals surface area contributed by atoms with Crippen LogP contribution >= 0.6 is 0 Å². The molecule has 5 rings (SSSR count). The van der Waals surface area contributed by atoms with Gasteiger partial charge in [-0.15, -0.1) is 0 Å². The molecule has 0 amide bonds. The van der Waals surface area contributed by atoms with Crippen molar-refractivity contribution < 1.29 is 4.39 Å². The summed E-state index contributed by atoms with van der Waals surface area (Å²) >= 11 is 0. The lowest BCUT2D eigenvalue weighted by Gasteiger charge is -2.41. The second-order valence-corrected chi connectivity index (χ2v) is 8.34. The van der Waals surface area contributed by atoms with Crippen molar-refractivity contribution in [2.45, 2.75) is 24.8 Å². The third-order valence-corrected chi connectivity index (χ3v) is 6.67. The summed E-state index contributed by atoms with van der Waals surface area (Å²) in [5, 5.41) is 0. The fourth-order valence-corrected chi connectivity index (χ4v) is 5.23. The Morgan fingerprint density at radius 3 is 2.79 bits per heavy atom. The van der Waals surface area contributed by atoms with Crippen molar-refractivity contribution in [2.75, 3.05) is 49.6 Å². The van der Waals surface area contributed by atoms with E-state index in [0.717, 1.165) is 38.2 Å². The molecule has 3 nitrogen and oxygen atoms in total. The average molecular weight is 378 g/mol. The molecule has 2 atom stereocenters. The molecule has 1 saturated heterocycles. The highest BCUT2D eigenvalue weighted by Gasteiger charge is 2.44. The van der Waals surface area contributed by atoms with Crippen LogP contribution in [-0.2, 0) is 0 Å². The number of anilines is 2. The molecule has 0 aliphatic carbocycles. The monoisotopic (exact) mass is 377 g/mol. The number of rotatable bonds is 4. The van der Waals surface area contributed by atoms with Crippen molar-refractivity contribution in [2.24, 2.45) is 0 Å². The van der Waals surface area contributed by atoms with Gasteiger partial charge in [0, 0.05) is 51.7 Å². The van der Waals surface area contributed by atoms with Gasteiger partial charge in [-0.05, 0) is 42.2 Å². The van der Waals surface area contributed by atoms with E-state index >= 15 is 0 Å². The van der Waals surface area contributed by atoms with Crippen molar-refractivity contribution in [1.29, 1.82) is 0 Å². The van der Waals surface area contributed by atoms with E-state index in [1.807, 2.05) is 12.1 Å². The quantitative estimate of drug-likeness (QED) is 0.784. The largest absolute Gasteiger partial charge is 0.371 e. The van der Waals surface area contributed by atoms with Crippen LogP contribution in [0.15, 0.2) is 48.5 Å². The number of nitrogens with zero attached hydrogens (tertiary/aromatic N) is 3. The zero-order valence-electron chi connectivity index (χ0n) is 16.5. The number of hydrogen-bond acceptors (Lipinski definition) is 3. The summed E-state index contributed by atoms with van der Waals surface area (Å²) in [5.74, 6) is 0.459. The van der Waals surface area contributed by atoms with E-state index in [0.29, 0.717) is 12.0 Å². The fourth-order valence-electron chi connectivity index (χ4n) is 5.23. The molecule has 0 bridgehead atoms. The fraction of sp³-hybridized carbons (Fsp3) is 0.417. The highest BCUT2D eigenvalue weighted by molar-refractivity contribution is 5.80. The summed E-state index contributed by atoms with van der Waals surface area (Å²) in [6.45, 7) is 5.71. The molecule has 0 saturated carbocycles. The Kier molecular flexibility index (Phi) is 4.59. The van der Waals surface area contributed by atoms with Gasteiger partial charge in [0.2, 0.25) is 0 Å². The van der Waals surface area contributed by atoms with Crippen LogP contribution in [0.2, 0.25) is 0 Å². The van der Waals surface area contributed by atoms with Crippen LogP contribution in [0.1, 0.15) is 29.9 Å². The standard InChI is InChI=1S/C24H28FN3/c1-26-15-16-28-22-12-14-27(13-3-2-5-18-8-10-19(25)11-9-18)17-21(22)20-6-4-7-23(26)24(20)28/h2,4-11,21-22H,3,12-17H2,1H3/t21-,22-/m0/s1. The third-order valence-electron chi connectivity index (χ3n) is 6.67. The van der Waals surface area contributed by atoms with Gasteiger partial charge in [0.1, 0.15) is 5.82 Å². The van der Waals surface area contributed by atoms with E-state index in [2.05, 4.69) is 52.1 Å². The summed E-state index contributed by atoms with van der Waals surface area (Å²) in [7, 11) is 2.22. The lowest BCUT2D eigenvalue weighted by molar-refractivity contribution is 0.196. The molecule has 146 valence electrons. The lowest BCUT2D eigenvalue weighted by atomic mass is 9.89. The predicted octanol–water partition coefficient (Wildman–Crippen LogP) is 4.36. The Hall–Kier alpha value is -2.33. The Labute approximate surface area is 167 Å². The molecule has 2 aromatic carbocycles. The number of para-hydroxylation sites is 1. The maximum Gasteiger partial charge on any atom is 0.123 e. The van der Waals surface area contributed by atoms with Crippen molar-refractivity contribution in [3.63, 3.8) is 0 Å². The van der Waals surface area contributed by atoms with E-state index in [4.69, 9.17) is 0 Å². The van der Waals surface area contributed by atoms with E-state index < -0.39 is 0 Å². The van der Waals surface area contributed by atoms with Gasteiger partial charge in [0.25, 0.3) is 0 Å².